The van der Waals surface area contributed by atoms with Gasteiger partial charge in [0.25, 0.3) is 5.91 Å². The number of ether oxygens (including phenoxy) is 1. The molecular formula is C19H16N2O4S. The Hall–Kier alpha value is -3.11. The van der Waals surface area contributed by atoms with Gasteiger partial charge in [0.1, 0.15) is 22.6 Å². The zero-order valence-electron chi connectivity index (χ0n) is 14.0. The number of benzene rings is 1. The summed E-state index contributed by atoms with van der Waals surface area (Å²) in [5.41, 5.74) is 1.76. The highest BCUT2D eigenvalue weighted by molar-refractivity contribution is 7.16. The highest BCUT2D eigenvalue weighted by Gasteiger charge is 2.24. The summed E-state index contributed by atoms with van der Waals surface area (Å²) in [7, 11) is 1.49. The van der Waals surface area contributed by atoms with Crippen LogP contribution in [0.1, 0.15) is 28.0 Å². The van der Waals surface area contributed by atoms with Gasteiger partial charge >= 0.3 is 0 Å². The third-order valence-corrected chi connectivity index (χ3v) is 5.32. The lowest BCUT2D eigenvalue weighted by atomic mass is 10.1. The van der Waals surface area contributed by atoms with Crippen molar-refractivity contribution in [2.45, 2.75) is 19.3 Å². The first-order chi connectivity index (χ1) is 12.5. The molecular weight excluding hydrogens is 352 g/mol. The number of nitriles is 1. The summed E-state index contributed by atoms with van der Waals surface area (Å²) >= 11 is 1.33. The first kappa shape index (κ1) is 17.7. The minimum atomic E-state index is -0.900. The Morgan fingerprint density at radius 2 is 2.19 bits per heavy atom. The molecule has 3 rings (SSSR count). The normalized spacial score (nSPS) is 13.0. The summed E-state index contributed by atoms with van der Waals surface area (Å²) in [6.45, 7) is 0. The van der Waals surface area contributed by atoms with Crippen LogP contribution in [0.4, 0.5) is 5.00 Å². The topological polar surface area (TPSA) is 99.4 Å². The molecule has 1 aliphatic rings. The number of nitrogens with one attached hydrogen (secondary N) is 1. The van der Waals surface area contributed by atoms with E-state index in [4.69, 9.17) is 4.74 Å². The zero-order valence-corrected chi connectivity index (χ0v) is 14.9. The molecule has 0 radical (unpaired) electrons. The predicted octanol–water partition coefficient (Wildman–Crippen LogP) is 3.22. The minimum absolute atomic E-state index is 0.335. The summed E-state index contributed by atoms with van der Waals surface area (Å²) in [4.78, 5) is 25.3. The number of rotatable bonds is 5. The Morgan fingerprint density at radius 3 is 2.92 bits per heavy atom. The molecule has 0 saturated carbocycles. The molecule has 7 heteroatoms. The second-order valence-electron chi connectivity index (χ2n) is 5.75. The van der Waals surface area contributed by atoms with Gasteiger partial charge in [0, 0.05) is 16.5 Å². The molecule has 0 spiro atoms. The van der Waals surface area contributed by atoms with E-state index in [-0.39, 0.29) is 5.76 Å². The van der Waals surface area contributed by atoms with Crippen LogP contribution in [0.2, 0.25) is 0 Å². The number of carbonyl (C=O) groups is 2. The van der Waals surface area contributed by atoms with E-state index in [0.29, 0.717) is 21.9 Å². The molecule has 0 saturated heterocycles. The molecule has 26 heavy (non-hydrogen) atoms. The summed E-state index contributed by atoms with van der Waals surface area (Å²) < 4.78 is 5.06. The number of nitrogens with zero attached hydrogens (tertiary/aromatic N) is 1. The molecule has 0 unspecified atom stereocenters. The van der Waals surface area contributed by atoms with Crippen molar-refractivity contribution in [2.75, 3.05) is 12.4 Å². The molecule has 2 aromatic rings. The molecule has 1 amide bonds. The van der Waals surface area contributed by atoms with E-state index in [9.17, 15) is 20.0 Å². The summed E-state index contributed by atoms with van der Waals surface area (Å²) in [5, 5.41) is 22.3. The average molecular weight is 368 g/mol. The Bertz CT molecular complexity index is 953. The van der Waals surface area contributed by atoms with Crippen LogP contribution in [0.15, 0.2) is 30.3 Å². The van der Waals surface area contributed by atoms with E-state index < -0.39 is 11.7 Å². The molecule has 1 heterocycles. The first-order valence-corrected chi connectivity index (χ1v) is 8.80. The van der Waals surface area contributed by atoms with Crippen molar-refractivity contribution < 1.29 is 19.4 Å². The Morgan fingerprint density at radius 1 is 1.38 bits per heavy atom. The van der Waals surface area contributed by atoms with Gasteiger partial charge in [0.15, 0.2) is 0 Å². The van der Waals surface area contributed by atoms with Crippen LogP contribution >= 0.6 is 11.3 Å². The number of carbonyl (C=O) groups excluding carboxylic acids is 2. The fourth-order valence-corrected chi connectivity index (χ4v) is 4.07. The number of amides is 1. The van der Waals surface area contributed by atoms with Gasteiger partial charge in [0.05, 0.1) is 12.7 Å². The molecule has 0 aliphatic heterocycles. The fraction of sp³-hybridized carbons (Fsp3) is 0.211. The number of anilines is 1. The highest BCUT2D eigenvalue weighted by atomic mass is 32.1. The maximum Gasteiger partial charge on any atom is 0.296 e. The third kappa shape index (κ3) is 3.46. The molecule has 6 nitrogen and oxygen atoms in total. The van der Waals surface area contributed by atoms with Crippen molar-refractivity contribution in [3.63, 3.8) is 0 Å². The standard InChI is InChI=1S/C19H16N2O4S/c1-25-12-5-2-4-11(8-12)15(22)9-16(23)18(24)21-19-14(10-20)13-6-3-7-17(13)26-19/h2,4-5,8-9,22H,3,6-7H2,1H3,(H,21,24)/b15-9-. The first-order valence-electron chi connectivity index (χ1n) is 7.98. The number of thiophene rings is 1. The van der Waals surface area contributed by atoms with Gasteiger partial charge in [0.2, 0.25) is 5.78 Å². The number of hydrogen-bond donors (Lipinski definition) is 2. The number of fused-ring (bicyclic) bond motifs is 1. The van der Waals surface area contributed by atoms with Crippen LogP contribution in [0.3, 0.4) is 0 Å². The summed E-state index contributed by atoms with van der Waals surface area (Å²) in [5.74, 6) is -1.61. The van der Waals surface area contributed by atoms with E-state index in [0.717, 1.165) is 35.8 Å². The van der Waals surface area contributed by atoms with Gasteiger partial charge < -0.3 is 15.2 Å². The predicted molar refractivity (Wildman–Crippen MR) is 98.3 cm³/mol. The summed E-state index contributed by atoms with van der Waals surface area (Å²) in [6.07, 6.45) is 3.56. The van der Waals surface area contributed by atoms with Gasteiger partial charge in [-0.25, -0.2) is 0 Å². The zero-order chi connectivity index (χ0) is 18.7. The van der Waals surface area contributed by atoms with E-state index in [1.165, 1.54) is 18.4 Å². The number of hydrogen-bond acceptors (Lipinski definition) is 6. The highest BCUT2D eigenvalue weighted by Crippen LogP contribution is 2.38. The lowest BCUT2D eigenvalue weighted by Crippen LogP contribution is -2.21. The maximum absolute atomic E-state index is 12.2. The van der Waals surface area contributed by atoms with Gasteiger partial charge in [-0.1, -0.05) is 12.1 Å². The van der Waals surface area contributed by atoms with Crippen LogP contribution in [0, 0.1) is 11.3 Å². The van der Waals surface area contributed by atoms with Crippen molar-refractivity contribution in [3.05, 3.63) is 51.9 Å². The van der Waals surface area contributed by atoms with Crippen molar-refractivity contribution in [3.8, 4) is 11.8 Å². The number of methoxy groups -OCH3 is 1. The lowest BCUT2D eigenvalue weighted by molar-refractivity contribution is -0.131. The van der Waals surface area contributed by atoms with E-state index in [2.05, 4.69) is 11.4 Å². The van der Waals surface area contributed by atoms with Crippen molar-refractivity contribution >= 4 is 33.8 Å². The molecule has 1 aromatic heterocycles. The van der Waals surface area contributed by atoms with Crippen LogP contribution in [0.25, 0.3) is 5.76 Å². The van der Waals surface area contributed by atoms with Crippen LogP contribution in [-0.4, -0.2) is 23.9 Å². The quantitative estimate of drug-likeness (QED) is 0.479. The summed E-state index contributed by atoms with van der Waals surface area (Å²) in [6, 6.07) is 8.61. The molecule has 132 valence electrons. The van der Waals surface area contributed by atoms with E-state index in [1.54, 1.807) is 24.3 Å². The van der Waals surface area contributed by atoms with Crippen LogP contribution in [0.5, 0.6) is 5.75 Å². The van der Waals surface area contributed by atoms with Crippen LogP contribution in [-0.2, 0) is 22.4 Å². The number of ketones is 1. The number of aliphatic hydroxyl groups is 1. The molecule has 0 bridgehead atoms. The minimum Gasteiger partial charge on any atom is -0.507 e. The SMILES string of the molecule is COc1cccc(/C(O)=C/C(=O)C(=O)Nc2sc3c(c2C#N)CCC3)c1. The lowest BCUT2D eigenvalue weighted by Gasteiger charge is -2.04. The second kappa shape index (κ2) is 7.42. The molecule has 0 fully saturated rings. The van der Waals surface area contributed by atoms with Gasteiger partial charge in [-0.3, -0.25) is 9.59 Å². The average Bonchev–Trinajstić information content (AvgIpc) is 3.22. The molecule has 0 atom stereocenters. The maximum atomic E-state index is 12.2. The number of aryl methyl sites for hydroxylation is 1. The Kier molecular flexibility index (Phi) is 5.05. The van der Waals surface area contributed by atoms with Crippen LogP contribution < -0.4 is 10.1 Å². The smallest absolute Gasteiger partial charge is 0.296 e. The van der Waals surface area contributed by atoms with Crippen molar-refractivity contribution in [1.82, 2.24) is 0 Å². The molecule has 2 N–H and O–H groups in total. The van der Waals surface area contributed by atoms with Crippen molar-refractivity contribution in [1.29, 1.82) is 5.26 Å². The third-order valence-electron chi connectivity index (χ3n) is 4.12. The van der Waals surface area contributed by atoms with Gasteiger partial charge in [-0.05, 0) is 37.0 Å². The Labute approximate surface area is 154 Å². The monoisotopic (exact) mass is 368 g/mol. The Balaban J connectivity index is 1.76. The van der Waals surface area contributed by atoms with E-state index >= 15 is 0 Å². The van der Waals surface area contributed by atoms with Crippen molar-refractivity contribution in [2.24, 2.45) is 0 Å². The molecule has 1 aliphatic carbocycles. The van der Waals surface area contributed by atoms with E-state index in [1.807, 2.05) is 0 Å². The largest absolute Gasteiger partial charge is 0.507 e. The van der Waals surface area contributed by atoms with Gasteiger partial charge in [-0.15, -0.1) is 11.3 Å². The number of aliphatic hydroxyl groups excluding tert-OH is 1. The fourth-order valence-electron chi connectivity index (χ4n) is 2.83. The molecule has 1 aromatic carbocycles. The second-order valence-corrected chi connectivity index (χ2v) is 6.86. The van der Waals surface area contributed by atoms with Gasteiger partial charge in [-0.2, -0.15) is 5.26 Å².